The van der Waals surface area contributed by atoms with E-state index in [1.807, 2.05) is 0 Å². The SMILES string of the molecule is [O]C(CO)CF. The van der Waals surface area contributed by atoms with Crippen molar-refractivity contribution >= 4 is 0 Å². The molecule has 2 nitrogen and oxygen atoms in total. The Morgan fingerprint density at radius 3 is 2.33 bits per heavy atom. The van der Waals surface area contributed by atoms with Gasteiger partial charge in [0.1, 0.15) is 12.8 Å². The molecule has 0 fully saturated rings. The molecular formula is C3H6FO2. The second kappa shape index (κ2) is 3.06. The average molecular weight is 93.1 g/mol. The normalized spacial score (nSPS) is 14.5. The van der Waals surface area contributed by atoms with Crippen molar-refractivity contribution in [2.24, 2.45) is 0 Å². The van der Waals surface area contributed by atoms with Crippen molar-refractivity contribution in [1.29, 1.82) is 0 Å². The third kappa shape index (κ3) is 2.11. The molecule has 1 radical (unpaired) electrons. The second-order valence-corrected chi connectivity index (χ2v) is 0.959. The lowest BCUT2D eigenvalue weighted by Gasteiger charge is -1.91. The molecule has 0 amide bonds. The first-order valence-electron chi connectivity index (χ1n) is 1.64. The van der Waals surface area contributed by atoms with Crippen LogP contribution in [0.1, 0.15) is 0 Å². The highest BCUT2D eigenvalue weighted by molar-refractivity contribution is 4.44. The summed E-state index contributed by atoms with van der Waals surface area (Å²) in [6, 6.07) is 0. The van der Waals surface area contributed by atoms with Crippen LogP contribution in [0.15, 0.2) is 0 Å². The van der Waals surface area contributed by atoms with Crippen LogP contribution in [0, 0.1) is 0 Å². The lowest BCUT2D eigenvalue weighted by atomic mass is 10.4. The molecule has 0 aromatic carbocycles. The molecule has 37 valence electrons. The molecule has 1 unspecified atom stereocenters. The van der Waals surface area contributed by atoms with Gasteiger partial charge in [-0.3, -0.25) is 0 Å². The Bertz CT molecular complexity index is 28.0. The van der Waals surface area contributed by atoms with E-state index in [0.717, 1.165) is 0 Å². The molecule has 0 aliphatic heterocycles. The smallest absolute Gasteiger partial charge is 0.144 e. The minimum atomic E-state index is -1.43. The minimum Gasteiger partial charge on any atom is -0.393 e. The van der Waals surface area contributed by atoms with E-state index < -0.39 is 19.4 Å². The van der Waals surface area contributed by atoms with Gasteiger partial charge in [-0.2, -0.15) is 0 Å². The topological polar surface area (TPSA) is 40.1 Å². The minimum absolute atomic E-state index is 0.601. The highest BCUT2D eigenvalue weighted by atomic mass is 19.1. The Labute approximate surface area is 35.2 Å². The van der Waals surface area contributed by atoms with Crippen LogP contribution in [-0.4, -0.2) is 24.5 Å². The summed E-state index contributed by atoms with van der Waals surface area (Å²) < 4.78 is 10.9. The van der Waals surface area contributed by atoms with E-state index in [1.165, 1.54) is 0 Å². The van der Waals surface area contributed by atoms with Gasteiger partial charge >= 0.3 is 0 Å². The highest BCUT2D eigenvalue weighted by Gasteiger charge is 1.98. The van der Waals surface area contributed by atoms with Crippen LogP contribution in [0.4, 0.5) is 4.39 Å². The molecule has 0 saturated heterocycles. The highest BCUT2D eigenvalue weighted by Crippen LogP contribution is 1.79. The summed E-state index contributed by atoms with van der Waals surface area (Å²) in [7, 11) is 0. The maximum atomic E-state index is 10.9. The zero-order valence-electron chi connectivity index (χ0n) is 3.22. The Hall–Kier alpha value is -0.150. The number of aliphatic hydroxyl groups is 1. The van der Waals surface area contributed by atoms with Crippen LogP contribution < -0.4 is 0 Å². The van der Waals surface area contributed by atoms with Crippen LogP contribution in [0.25, 0.3) is 0 Å². The van der Waals surface area contributed by atoms with E-state index in [9.17, 15) is 9.50 Å². The van der Waals surface area contributed by atoms with Crippen molar-refractivity contribution in [3.63, 3.8) is 0 Å². The van der Waals surface area contributed by atoms with E-state index >= 15 is 0 Å². The summed E-state index contributed by atoms with van der Waals surface area (Å²) in [5, 5.41) is 17.4. The van der Waals surface area contributed by atoms with E-state index in [2.05, 4.69) is 0 Å². The number of rotatable bonds is 2. The Morgan fingerprint density at radius 1 is 1.83 bits per heavy atom. The van der Waals surface area contributed by atoms with Crippen LogP contribution in [0.5, 0.6) is 0 Å². The Balaban J connectivity index is 2.75. The van der Waals surface area contributed by atoms with Gasteiger partial charge < -0.3 is 5.11 Å². The van der Waals surface area contributed by atoms with E-state index in [0.29, 0.717) is 0 Å². The number of hydrogen-bond acceptors (Lipinski definition) is 1. The fourth-order valence-corrected chi connectivity index (χ4v) is 0.0488. The van der Waals surface area contributed by atoms with Gasteiger partial charge in [-0.15, -0.1) is 0 Å². The summed E-state index contributed by atoms with van der Waals surface area (Å²) in [5.41, 5.74) is 0. The third-order valence-electron chi connectivity index (χ3n) is 0.376. The molecular weight excluding hydrogens is 87.0 g/mol. The summed E-state index contributed by atoms with van der Waals surface area (Å²) in [6.07, 6.45) is -1.43. The van der Waals surface area contributed by atoms with Gasteiger partial charge in [0.15, 0.2) is 0 Å². The number of alkyl halides is 1. The summed E-state index contributed by atoms with van der Waals surface area (Å²) >= 11 is 0. The molecule has 0 bridgehead atoms. The van der Waals surface area contributed by atoms with Crippen molar-refractivity contribution in [3.8, 4) is 0 Å². The average Bonchev–Trinajstić information content (AvgIpc) is 1.65. The van der Waals surface area contributed by atoms with E-state index in [1.54, 1.807) is 0 Å². The standard InChI is InChI=1S/C3H6FO2/c4-1-3(6)2-5/h3,5H,1-2H2. The first kappa shape index (κ1) is 5.85. The first-order valence-corrected chi connectivity index (χ1v) is 1.64. The van der Waals surface area contributed by atoms with Crippen molar-refractivity contribution in [1.82, 2.24) is 0 Å². The molecule has 0 aliphatic carbocycles. The molecule has 0 aliphatic rings. The second-order valence-electron chi connectivity index (χ2n) is 0.959. The fraction of sp³-hybridized carbons (Fsp3) is 1.00. The van der Waals surface area contributed by atoms with Crippen LogP contribution >= 0.6 is 0 Å². The van der Waals surface area contributed by atoms with Gasteiger partial charge in [0.25, 0.3) is 0 Å². The zero-order valence-corrected chi connectivity index (χ0v) is 3.22. The Morgan fingerprint density at radius 2 is 2.33 bits per heavy atom. The van der Waals surface area contributed by atoms with E-state index in [4.69, 9.17) is 5.11 Å². The predicted octanol–water partition coefficient (Wildman–Crippen LogP) is -0.253. The molecule has 3 heteroatoms. The van der Waals surface area contributed by atoms with Crippen molar-refractivity contribution in [2.75, 3.05) is 13.3 Å². The van der Waals surface area contributed by atoms with Gasteiger partial charge in [0.2, 0.25) is 0 Å². The quantitative estimate of drug-likeness (QED) is 0.502. The maximum Gasteiger partial charge on any atom is 0.144 e. The molecule has 1 N–H and O–H groups in total. The summed E-state index contributed by atoms with van der Waals surface area (Å²) in [5.74, 6) is 0. The molecule has 0 rings (SSSR count). The van der Waals surface area contributed by atoms with Crippen molar-refractivity contribution < 1.29 is 14.6 Å². The number of aliphatic hydroxyl groups excluding tert-OH is 1. The van der Waals surface area contributed by atoms with E-state index in [-0.39, 0.29) is 0 Å². The van der Waals surface area contributed by atoms with Crippen molar-refractivity contribution in [3.05, 3.63) is 0 Å². The molecule has 0 aromatic heterocycles. The maximum absolute atomic E-state index is 10.9. The summed E-state index contributed by atoms with van der Waals surface area (Å²) in [6.45, 7) is -1.58. The van der Waals surface area contributed by atoms with Crippen molar-refractivity contribution in [2.45, 2.75) is 6.10 Å². The van der Waals surface area contributed by atoms with Crippen LogP contribution in [-0.2, 0) is 5.11 Å². The monoisotopic (exact) mass is 93.0 g/mol. The van der Waals surface area contributed by atoms with Gasteiger partial charge in [-0.05, 0) is 0 Å². The molecule has 0 aromatic rings. The predicted molar refractivity (Wildman–Crippen MR) is 17.5 cm³/mol. The molecule has 6 heavy (non-hydrogen) atoms. The largest absolute Gasteiger partial charge is 0.393 e. The summed E-state index contributed by atoms with van der Waals surface area (Å²) in [4.78, 5) is 0. The van der Waals surface area contributed by atoms with Gasteiger partial charge in [-0.25, -0.2) is 9.50 Å². The van der Waals surface area contributed by atoms with Crippen LogP contribution in [0.2, 0.25) is 0 Å². The molecule has 0 saturated carbocycles. The molecule has 0 spiro atoms. The number of halogens is 1. The zero-order chi connectivity index (χ0) is 4.99. The number of hydrogen-bond donors (Lipinski definition) is 1. The first-order chi connectivity index (χ1) is 2.81. The lowest BCUT2D eigenvalue weighted by Crippen LogP contribution is -2.11. The van der Waals surface area contributed by atoms with Crippen LogP contribution in [0.3, 0.4) is 0 Å². The molecule has 1 atom stereocenters. The van der Waals surface area contributed by atoms with Gasteiger partial charge in [0, 0.05) is 0 Å². The van der Waals surface area contributed by atoms with Gasteiger partial charge in [-0.1, -0.05) is 0 Å². The Kier molecular flexibility index (Phi) is 2.98. The lowest BCUT2D eigenvalue weighted by molar-refractivity contribution is 0.0180. The fourth-order valence-electron chi connectivity index (χ4n) is 0.0488. The third-order valence-corrected chi connectivity index (χ3v) is 0.376. The van der Waals surface area contributed by atoms with Gasteiger partial charge in [0.05, 0.1) is 6.61 Å². The molecule has 0 heterocycles.